The van der Waals surface area contributed by atoms with Crippen LogP contribution in [0.25, 0.3) is 5.69 Å². The molecule has 6 heteroatoms. The summed E-state index contributed by atoms with van der Waals surface area (Å²) in [5, 5.41) is 16.2. The van der Waals surface area contributed by atoms with Crippen LogP contribution in [0, 0.1) is 5.82 Å². The zero-order valence-corrected chi connectivity index (χ0v) is 12.8. The maximum atomic E-state index is 12.9. The van der Waals surface area contributed by atoms with Crippen molar-refractivity contribution < 1.29 is 14.3 Å². The number of rotatable bonds is 5. The van der Waals surface area contributed by atoms with Gasteiger partial charge in [-0.2, -0.15) is 5.10 Å². The molecular formula is C18H16FN3O2. The summed E-state index contributed by atoms with van der Waals surface area (Å²) in [6, 6.07) is 14.7. The van der Waals surface area contributed by atoms with Gasteiger partial charge in [-0.3, -0.25) is 4.79 Å². The fourth-order valence-corrected chi connectivity index (χ4v) is 2.31. The Morgan fingerprint density at radius 2 is 1.96 bits per heavy atom. The summed E-state index contributed by atoms with van der Waals surface area (Å²) in [5.41, 5.74) is 2.69. The standard InChI is InChI=1S/C18H16FN3O2/c19-14-4-6-17(7-5-14)22-9-8-16(21-22)11-18(24)20-15-3-1-2-13(10-15)12-23/h1-10,23H,11-12H2,(H,20,24). The van der Waals surface area contributed by atoms with E-state index in [0.29, 0.717) is 11.4 Å². The van der Waals surface area contributed by atoms with E-state index < -0.39 is 0 Å². The molecule has 3 aromatic rings. The van der Waals surface area contributed by atoms with Crippen LogP contribution in [0.3, 0.4) is 0 Å². The summed E-state index contributed by atoms with van der Waals surface area (Å²) in [6.07, 6.45) is 1.85. The smallest absolute Gasteiger partial charge is 0.230 e. The molecule has 2 aromatic carbocycles. The molecule has 2 N–H and O–H groups in total. The average molecular weight is 325 g/mol. The van der Waals surface area contributed by atoms with Crippen LogP contribution in [-0.4, -0.2) is 20.8 Å². The van der Waals surface area contributed by atoms with Crippen LogP contribution < -0.4 is 5.32 Å². The van der Waals surface area contributed by atoms with E-state index in [0.717, 1.165) is 11.3 Å². The zero-order valence-electron chi connectivity index (χ0n) is 12.8. The van der Waals surface area contributed by atoms with Gasteiger partial charge in [0, 0.05) is 11.9 Å². The van der Waals surface area contributed by atoms with Crippen molar-refractivity contribution in [3.8, 4) is 5.69 Å². The van der Waals surface area contributed by atoms with Crippen molar-refractivity contribution in [3.63, 3.8) is 0 Å². The molecule has 5 nitrogen and oxygen atoms in total. The van der Waals surface area contributed by atoms with Crippen LogP contribution in [0.4, 0.5) is 10.1 Å². The minimum Gasteiger partial charge on any atom is -0.392 e. The number of carbonyl (C=O) groups excluding carboxylic acids is 1. The third-order valence-electron chi connectivity index (χ3n) is 3.47. The van der Waals surface area contributed by atoms with Gasteiger partial charge in [-0.1, -0.05) is 12.1 Å². The van der Waals surface area contributed by atoms with Gasteiger partial charge in [-0.25, -0.2) is 9.07 Å². The first-order valence-electron chi connectivity index (χ1n) is 7.44. The number of nitrogens with one attached hydrogen (secondary N) is 1. The molecule has 1 amide bonds. The number of halogens is 1. The quantitative estimate of drug-likeness (QED) is 0.758. The van der Waals surface area contributed by atoms with Crippen molar-refractivity contribution in [2.24, 2.45) is 0 Å². The highest BCUT2D eigenvalue weighted by Gasteiger charge is 2.08. The lowest BCUT2D eigenvalue weighted by molar-refractivity contribution is -0.115. The first-order chi connectivity index (χ1) is 11.6. The van der Waals surface area contributed by atoms with Crippen molar-refractivity contribution in [2.45, 2.75) is 13.0 Å². The molecule has 0 aliphatic carbocycles. The Morgan fingerprint density at radius 1 is 1.17 bits per heavy atom. The van der Waals surface area contributed by atoms with E-state index in [1.807, 2.05) is 0 Å². The molecule has 0 bridgehead atoms. The molecule has 24 heavy (non-hydrogen) atoms. The number of aliphatic hydroxyl groups excluding tert-OH is 1. The molecule has 0 aliphatic rings. The maximum absolute atomic E-state index is 12.9. The lowest BCUT2D eigenvalue weighted by Gasteiger charge is -2.05. The van der Waals surface area contributed by atoms with Gasteiger partial charge >= 0.3 is 0 Å². The lowest BCUT2D eigenvalue weighted by atomic mass is 10.2. The second-order valence-corrected chi connectivity index (χ2v) is 5.31. The van der Waals surface area contributed by atoms with Gasteiger partial charge in [0.15, 0.2) is 0 Å². The second kappa shape index (κ2) is 7.06. The molecule has 3 rings (SSSR count). The fraction of sp³-hybridized carbons (Fsp3) is 0.111. The first-order valence-corrected chi connectivity index (χ1v) is 7.44. The van der Waals surface area contributed by atoms with E-state index in [1.54, 1.807) is 53.3 Å². The van der Waals surface area contributed by atoms with Gasteiger partial charge in [0.1, 0.15) is 5.82 Å². The molecule has 0 aliphatic heterocycles. The molecule has 1 heterocycles. The van der Waals surface area contributed by atoms with Gasteiger partial charge in [0.2, 0.25) is 5.91 Å². The van der Waals surface area contributed by atoms with Crippen LogP contribution in [0.5, 0.6) is 0 Å². The van der Waals surface area contributed by atoms with Gasteiger partial charge in [0.05, 0.1) is 24.4 Å². The van der Waals surface area contributed by atoms with Gasteiger partial charge in [0.25, 0.3) is 0 Å². The number of carbonyl (C=O) groups is 1. The predicted molar refractivity (Wildman–Crippen MR) is 88.2 cm³/mol. The van der Waals surface area contributed by atoms with E-state index >= 15 is 0 Å². The zero-order chi connectivity index (χ0) is 16.9. The fourth-order valence-electron chi connectivity index (χ4n) is 2.31. The summed E-state index contributed by atoms with van der Waals surface area (Å²) in [6.45, 7) is -0.0776. The number of amides is 1. The largest absolute Gasteiger partial charge is 0.392 e. The number of nitrogens with zero attached hydrogens (tertiary/aromatic N) is 2. The van der Waals surface area contributed by atoms with Crippen LogP contribution in [-0.2, 0) is 17.8 Å². The molecule has 0 saturated heterocycles. The topological polar surface area (TPSA) is 67.2 Å². The normalized spacial score (nSPS) is 10.6. The highest BCUT2D eigenvalue weighted by molar-refractivity contribution is 5.92. The molecule has 1 aromatic heterocycles. The highest BCUT2D eigenvalue weighted by Crippen LogP contribution is 2.12. The number of aromatic nitrogens is 2. The third kappa shape index (κ3) is 3.85. The van der Waals surface area contributed by atoms with Crippen LogP contribution in [0.15, 0.2) is 60.8 Å². The van der Waals surface area contributed by atoms with Crippen molar-refractivity contribution >= 4 is 11.6 Å². The predicted octanol–water partition coefficient (Wildman–Crippen LogP) is 2.68. The summed E-state index contributed by atoms with van der Waals surface area (Å²) < 4.78 is 14.5. The Morgan fingerprint density at radius 3 is 2.71 bits per heavy atom. The Bertz CT molecular complexity index is 843. The molecule has 0 saturated carbocycles. The van der Waals surface area contributed by atoms with Gasteiger partial charge in [-0.05, 0) is 48.0 Å². The molecule has 0 spiro atoms. The van der Waals surface area contributed by atoms with Gasteiger partial charge in [-0.15, -0.1) is 0 Å². The van der Waals surface area contributed by atoms with E-state index in [4.69, 9.17) is 5.11 Å². The van der Waals surface area contributed by atoms with Crippen LogP contribution in [0.2, 0.25) is 0 Å². The number of benzene rings is 2. The lowest BCUT2D eigenvalue weighted by Crippen LogP contribution is -2.15. The van der Waals surface area contributed by atoms with Crippen molar-refractivity contribution in [1.29, 1.82) is 0 Å². The van der Waals surface area contributed by atoms with Crippen LogP contribution in [0.1, 0.15) is 11.3 Å². The van der Waals surface area contributed by atoms with E-state index in [-0.39, 0.29) is 24.8 Å². The SMILES string of the molecule is O=C(Cc1ccn(-c2ccc(F)cc2)n1)Nc1cccc(CO)c1. The highest BCUT2D eigenvalue weighted by atomic mass is 19.1. The number of hydrogen-bond acceptors (Lipinski definition) is 3. The van der Waals surface area contributed by atoms with E-state index in [2.05, 4.69) is 10.4 Å². The minimum atomic E-state index is -0.310. The van der Waals surface area contributed by atoms with Crippen molar-refractivity contribution in [1.82, 2.24) is 9.78 Å². The molecule has 0 radical (unpaired) electrons. The van der Waals surface area contributed by atoms with E-state index in [1.165, 1.54) is 12.1 Å². The summed E-state index contributed by atoms with van der Waals surface area (Å²) >= 11 is 0. The first kappa shape index (κ1) is 15.9. The minimum absolute atomic E-state index is 0.0776. The average Bonchev–Trinajstić information content (AvgIpc) is 3.04. The van der Waals surface area contributed by atoms with E-state index in [9.17, 15) is 9.18 Å². The Labute approximate surface area is 138 Å². The molecular weight excluding hydrogens is 309 g/mol. The monoisotopic (exact) mass is 325 g/mol. The summed E-state index contributed by atoms with van der Waals surface area (Å²) in [5.74, 6) is -0.509. The summed E-state index contributed by atoms with van der Waals surface area (Å²) in [7, 11) is 0. The number of anilines is 1. The Hall–Kier alpha value is -2.99. The number of aliphatic hydroxyl groups is 1. The molecule has 0 atom stereocenters. The molecule has 0 unspecified atom stereocenters. The van der Waals surface area contributed by atoms with Crippen LogP contribution >= 0.6 is 0 Å². The Kier molecular flexibility index (Phi) is 4.67. The molecule has 0 fully saturated rings. The van der Waals surface area contributed by atoms with Crippen molar-refractivity contribution in [3.05, 3.63) is 77.9 Å². The van der Waals surface area contributed by atoms with Gasteiger partial charge < -0.3 is 10.4 Å². The third-order valence-corrected chi connectivity index (χ3v) is 3.47. The van der Waals surface area contributed by atoms with Crippen molar-refractivity contribution in [2.75, 3.05) is 5.32 Å². The summed E-state index contributed by atoms with van der Waals surface area (Å²) in [4.78, 5) is 12.1. The Balaban J connectivity index is 1.65. The molecule has 122 valence electrons. The number of hydrogen-bond donors (Lipinski definition) is 2. The maximum Gasteiger partial charge on any atom is 0.230 e. The second-order valence-electron chi connectivity index (χ2n) is 5.31.